The zero-order valence-corrected chi connectivity index (χ0v) is 11.1. The van der Waals surface area contributed by atoms with Crippen molar-refractivity contribution in [2.45, 2.75) is 26.7 Å². The van der Waals surface area contributed by atoms with Crippen LogP contribution in [0.5, 0.6) is 11.5 Å². The highest BCUT2D eigenvalue weighted by atomic mass is 32.1. The van der Waals surface area contributed by atoms with Crippen molar-refractivity contribution in [2.24, 2.45) is 0 Å². The Balaban J connectivity index is 3.15. The maximum absolute atomic E-state index is 5.40. The third kappa shape index (κ3) is 2.73. The maximum Gasteiger partial charge on any atom is 0.161 e. The summed E-state index contributed by atoms with van der Waals surface area (Å²) in [4.78, 5) is 0.987. The maximum atomic E-state index is 5.40. The molecular weight excluding hydrogens is 220 g/mol. The van der Waals surface area contributed by atoms with Gasteiger partial charge in [0.25, 0.3) is 0 Å². The monoisotopic (exact) mass is 238 g/mol. The van der Waals surface area contributed by atoms with Gasteiger partial charge in [0.2, 0.25) is 0 Å². The Labute approximate surface area is 103 Å². The molecule has 0 spiro atoms. The summed E-state index contributed by atoms with van der Waals surface area (Å²) in [7, 11) is 3.28. The van der Waals surface area contributed by atoms with Gasteiger partial charge in [-0.05, 0) is 36.6 Å². The number of hydrogen-bond acceptors (Lipinski definition) is 3. The van der Waals surface area contributed by atoms with Gasteiger partial charge in [-0.25, -0.2) is 0 Å². The van der Waals surface area contributed by atoms with Crippen LogP contribution in [0.2, 0.25) is 0 Å². The number of thiocarbonyl (C=S) groups is 1. The lowest BCUT2D eigenvalue weighted by Gasteiger charge is -2.13. The van der Waals surface area contributed by atoms with Crippen molar-refractivity contribution in [2.75, 3.05) is 14.2 Å². The molecule has 0 unspecified atom stereocenters. The minimum absolute atomic E-state index is 0.738. The van der Waals surface area contributed by atoms with E-state index < -0.39 is 0 Å². The van der Waals surface area contributed by atoms with Gasteiger partial charge in [0, 0.05) is 4.86 Å². The van der Waals surface area contributed by atoms with Gasteiger partial charge in [0.05, 0.1) is 14.2 Å². The molecule has 0 saturated heterocycles. The lowest BCUT2D eigenvalue weighted by atomic mass is 10.0. The van der Waals surface area contributed by atoms with E-state index in [2.05, 4.69) is 6.92 Å². The van der Waals surface area contributed by atoms with Gasteiger partial charge in [0.1, 0.15) is 0 Å². The van der Waals surface area contributed by atoms with Crippen LogP contribution < -0.4 is 9.47 Å². The zero-order valence-electron chi connectivity index (χ0n) is 10.3. The molecule has 16 heavy (non-hydrogen) atoms. The van der Waals surface area contributed by atoms with E-state index in [-0.39, 0.29) is 0 Å². The largest absolute Gasteiger partial charge is 0.493 e. The molecule has 0 heterocycles. The smallest absolute Gasteiger partial charge is 0.161 e. The Bertz CT molecular complexity index is 386. The van der Waals surface area contributed by atoms with Crippen molar-refractivity contribution in [3.8, 4) is 11.5 Å². The van der Waals surface area contributed by atoms with E-state index in [9.17, 15) is 0 Å². The first-order valence-electron chi connectivity index (χ1n) is 5.39. The van der Waals surface area contributed by atoms with E-state index in [0.29, 0.717) is 0 Å². The van der Waals surface area contributed by atoms with E-state index in [0.717, 1.165) is 40.3 Å². The molecule has 88 valence electrons. The lowest BCUT2D eigenvalue weighted by Crippen LogP contribution is -2.02. The molecule has 2 nitrogen and oxygen atoms in total. The Morgan fingerprint density at radius 2 is 1.75 bits per heavy atom. The van der Waals surface area contributed by atoms with Crippen LogP contribution in [0.25, 0.3) is 0 Å². The predicted molar refractivity (Wildman–Crippen MR) is 70.9 cm³/mol. The minimum atomic E-state index is 0.738. The van der Waals surface area contributed by atoms with Gasteiger partial charge >= 0.3 is 0 Å². The summed E-state index contributed by atoms with van der Waals surface area (Å²) in [5.74, 6) is 1.49. The number of methoxy groups -OCH3 is 2. The molecule has 0 bridgehead atoms. The van der Waals surface area contributed by atoms with Crippen LogP contribution in [0.1, 0.15) is 30.9 Å². The average molecular weight is 238 g/mol. The van der Waals surface area contributed by atoms with Crippen molar-refractivity contribution >= 4 is 17.1 Å². The topological polar surface area (TPSA) is 18.5 Å². The number of benzene rings is 1. The fourth-order valence-corrected chi connectivity index (χ4v) is 2.07. The highest BCUT2D eigenvalue weighted by Gasteiger charge is 2.11. The summed E-state index contributed by atoms with van der Waals surface area (Å²) in [6.45, 7) is 4.17. The van der Waals surface area contributed by atoms with Crippen LogP contribution >= 0.6 is 12.2 Å². The SMILES string of the molecule is CCCC(=S)c1cc(OC)c(OC)cc1C. The number of hydrogen-bond donors (Lipinski definition) is 0. The molecule has 1 aromatic rings. The first-order valence-corrected chi connectivity index (χ1v) is 5.80. The summed E-state index contributed by atoms with van der Waals surface area (Å²) in [5, 5.41) is 0. The van der Waals surface area contributed by atoms with Crippen molar-refractivity contribution in [1.29, 1.82) is 0 Å². The molecule has 0 saturated carbocycles. The van der Waals surface area contributed by atoms with Crippen LogP contribution in [0.3, 0.4) is 0 Å². The third-order valence-corrected chi connectivity index (χ3v) is 2.93. The Kier molecular flexibility index (Phi) is 4.74. The standard InChI is InChI=1S/C13H18O2S/c1-5-6-13(16)10-8-12(15-4)11(14-3)7-9(10)2/h7-8H,5-6H2,1-4H3. The molecule has 0 radical (unpaired) electrons. The van der Waals surface area contributed by atoms with Crippen LogP contribution in [-0.2, 0) is 0 Å². The number of aryl methyl sites for hydroxylation is 1. The molecule has 0 aliphatic carbocycles. The van der Waals surface area contributed by atoms with E-state index >= 15 is 0 Å². The predicted octanol–water partition coefficient (Wildman–Crippen LogP) is 3.53. The molecule has 3 heteroatoms. The normalized spacial score (nSPS) is 10.0. The van der Waals surface area contributed by atoms with Gasteiger partial charge in [0.15, 0.2) is 11.5 Å². The summed E-state index contributed by atoms with van der Waals surface area (Å²) in [6.07, 6.45) is 2.00. The van der Waals surface area contributed by atoms with Crippen LogP contribution in [-0.4, -0.2) is 19.1 Å². The van der Waals surface area contributed by atoms with E-state index in [1.807, 2.05) is 19.1 Å². The second-order valence-corrected chi connectivity index (χ2v) is 4.19. The fraction of sp³-hybridized carbons (Fsp3) is 0.462. The Hall–Kier alpha value is -1.09. The Morgan fingerprint density at radius 1 is 1.19 bits per heavy atom. The third-order valence-electron chi connectivity index (χ3n) is 2.51. The summed E-state index contributed by atoms with van der Waals surface area (Å²) in [6, 6.07) is 3.93. The molecule has 0 amide bonds. The van der Waals surface area contributed by atoms with Crippen molar-refractivity contribution in [1.82, 2.24) is 0 Å². The van der Waals surface area contributed by atoms with Crippen LogP contribution in [0.4, 0.5) is 0 Å². The minimum Gasteiger partial charge on any atom is -0.493 e. The molecule has 0 N–H and O–H groups in total. The van der Waals surface area contributed by atoms with Crippen molar-refractivity contribution < 1.29 is 9.47 Å². The molecule has 0 aliphatic rings. The average Bonchev–Trinajstić information content (AvgIpc) is 2.28. The van der Waals surface area contributed by atoms with Crippen molar-refractivity contribution in [3.05, 3.63) is 23.3 Å². The Morgan fingerprint density at radius 3 is 2.25 bits per heavy atom. The van der Waals surface area contributed by atoms with Gasteiger partial charge < -0.3 is 9.47 Å². The first-order chi connectivity index (χ1) is 7.63. The fourth-order valence-electron chi connectivity index (χ4n) is 1.64. The second-order valence-electron chi connectivity index (χ2n) is 3.70. The molecule has 0 aromatic heterocycles. The lowest BCUT2D eigenvalue weighted by molar-refractivity contribution is 0.354. The molecule has 1 aromatic carbocycles. The molecular formula is C13H18O2S. The zero-order chi connectivity index (χ0) is 12.1. The van der Waals surface area contributed by atoms with Gasteiger partial charge in [-0.15, -0.1) is 0 Å². The molecule has 0 aliphatic heterocycles. The summed E-state index contributed by atoms with van der Waals surface area (Å²) < 4.78 is 10.5. The van der Waals surface area contributed by atoms with Crippen molar-refractivity contribution in [3.63, 3.8) is 0 Å². The number of ether oxygens (including phenoxy) is 2. The van der Waals surface area contributed by atoms with E-state index in [1.165, 1.54) is 0 Å². The van der Waals surface area contributed by atoms with E-state index in [4.69, 9.17) is 21.7 Å². The molecule has 1 rings (SSSR count). The van der Waals surface area contributed by atoms with Gasteiger partial charge in [-0.2, -0.15) is 0 Å². The first kappa shape index (κ1) is 13.0. The highest BCUT2D eigenvalue weighted by Crippen LogP contribution is 2.31. The van der Waals surface area contributed by atoms with Crippen LogP contribution in [0.15, 0.2) is 12.1 Å². The van der Waals surface area contributed by atoms with Gasteiger partial charge in [-0.1, -0.05) is 25.6 Å². The van der Waals surface area contributed by atoms with Crippen LogP contribution in [0, 0.1) is 6.92 Å². The summed E-state index contributed by atoms with van der Waals surface area (Å²) >= 11 is 5.40. The number of rotatable bonds is 5. The van der Waals surface area contributed by atoms with E-state index in [1.54, 1.807) is 14.2 Å². The molecule has 0 fully saturated rings. The molecule has 0 atom stereocenters. The van der Waals surface area contributed by atoms with Gasteiger partial charge in [-0.3, -0.25) is 0 Å². The quantitative estimate of drug-likeness (QED) is 0.577. The highest BCUT2D eigenvalue weighted by molar-refractivity contribution is 7.80. The second kappa shape index (κ2) is 5.85. The summed E-state index contributed by atoms with van der Waals surface area (Å²) in [5.41, 5.74) is 2.23.